The van der Waals surface area contributed by atoms with Crippen LogP contribution in [0.5, 0.6) is 0 Å². The molecule has 1 atom stereocenters. The van der Waals surface area contributed by atoms with Gasteiger partial charge in [0.15, 0.2) is 0 Å². The smallest absolute Gasteiger partial charge is 0.338 e. The van der Waals surface area contributed by atoms with E-state index in [1.807, 2.05) is 38.1 Å². The van der Waals surface area contributed by atoms with Crippen LogP contribution in [0.3, 0.4) is 0 Å². The van der Waals surface area contributed by atoms with Crippen LogP contribution in [0.25, 0.3) is 0 Å². The topological polar surface area (TPSA) is 94.6 Å². The fourth-order valence-electron chi connectivity index (χ4n) is 2.76. The highest BCUT2D eigenvalue weighted by molar-refractivity contribution is 5.92. The molecular formula is C20H24N2O4. The molecule has 2 rings (SSSR count). The van der Waals surface area contributed by atoms with E-state index in [4.69, 9.17) is 19.9 Å². The molecule has 1 heterocycles. The highest BCUT2D eigenvalue weighted by atomic mass is 16.5. The summed E-state index contributed by atoms with van der Waals surface area (Å²) in [6, 6.07) is 9.63. The van der Waals surface area contributed by atoms with Gasteiger partial charge in [-0.2, -0.15) is 5.26 Å². The predicted octanol–water partition coefficient (Wildman–Crippen LogP) is 3.26. The van der Waals surface area contributed by atoms with Gasteiger partial charge in [-0.05, 0) is 38.8 Å². The van der Waals surface area contributed by atoms with Crippen molar-refractivity contribution in [2.24, 2.45) is 5.73 Å². The molecule has 0 aromatic heterocycles. The summed E-state index contributed by atoms with van der Waals surface area (Å²) in [5.74, 6) is -0.775. The number of carbonyl (C=O) groups is 1. The number of rotatable bonds is 6. The summed E-state index contributed by atoms with van der Waals surface area (Å²) in [4.78, 5) is 12.5. The van der Waals surface area contributed by atoms with E-state index in [1.165, 1.54) is 0 Å². The number of nitrogens with two attached hydrogens (primary N) is 1. The molecule has 1 aromatic carbocycles. The van der Waals surface area contributed by atoms with Crippen molar-refractivity contribution in [1.29, 1.82) is 5.26 Å². The van der Waals surface area contributed by atoms with Gasteiger partial charge in [-0.3, -0.25) is 0 Å². The van der Waals surface area contributed by atoms with E-state index in [1.54, 1.807) is 13.8 Å². The third-order valence-electron chi connectivity index (χ3n) is 4.00. The maximum absolute atomic E-state index is 12.5. The highest BCUT2D eigenvalue weighted by Crippen LogP contribution is 2.39. The Hall–Kier alpha value is -2.78. The fourth-order valence-corrected chi connectivity index (χ4v) is 2.76. The fraction of sp³-hybridized carbons (Fsp3) is 0.400. The summed E-state index contributed by atoms with van der Waals surface area (Å²) in [6.45, 7) is 8.05. The van der Waals surface area contributed by atoms with Crippen LogP contribution in [0.4, 0.5) is 0 Å². The SMILES string of the molecule is CCOC(=O)C1=C(C)OC(N)=C(C#N)C1c1ccc(COC(C)C)cc1. The number of benzene rings is 1. The van der Waals surface area contributed by atoms with Crippen LogP contribution in [0.15, 0.2) is 47.1 Å². The maximum atomic E-state index is 12.5. The summed E-state index contributed by atoms with van der Waals surface area (Å²) >= 11 is 0. The van der Waals surface area contributed by atoms with Crippen molar-refractivity contribution in [3.8, 4) is 6.07 Å². The lowest BCUT2D eigenvalue weighted by Gasteiger charge is -2.27. The zero-order chi connectivity index (χ0) is 19.3. The maximum Gasteiger partial charge on any atom is 0.338 e. The largest absolute Gasteiger partial charge is 0.463 e. The lowest BCUT2D eigenvalue weighted by molar-refractivity contribution is -0.139. The molecule has 0 fully saturated rings. The number of ether oxygens (including phenoxy) is 3. The first-order valence-electron chi connectivity index (χ1n) is 8.54. The minimum absolute atomic E-state index is 0.00951. The summed E-state index contributed by atoms with van der Waals surface area (Å²) in [5.41, 5.74) is 8.15. The lowest BCUT2D eigenvalue weighted by atomic mass is 9.83. The van der Waals surface area contributed by atoms with Crippen molar-refractivity contribution in [2.45, 2.75) is 46.3 Å². The second kappa shape index (κ2) is 8.54. The van der Waals surface area contributed by atoms with Gasteiger partial charge in [-0.25, -0.2) is 4.79 Å². The molecule has 1 aliphatic heterocycles. The molecule has 0 bridgehead atoms. The first kappa shape index (κ1) is 19.5. The number of carbonyl (C=O) groups excluding carboxylic acids is 1. The Morgan fingerprint density at radius 1 is 1.35 bits per heavy atom. The number of hydrogen-bond acceptors (Lipinski definition) is 6. The van der Waals surface area contributed by atoms with Gasteiger partial charge in [-0.15, -0.1) is 0 Å². The quantitative estimate of drug-likeness (QED) is 0.786. The van der Waals surface area contributed by atoms with Crippen molar-refractivity contribution in [1.82, 2.24) is 0 Å². The van der Waals surface area contributed by atoms with Gasteiger partial charge in [0.05, 0.1) is 30.8 Å². The molecule has 138 valence electrons. The first-order chi connectivity index (χ1) is 12.4. The average molecular weight is 356 g/mol. The molecule has 0 saturated carbocycles. The van der Waals surface area contributed by atoms with Gasteiger partial charge in [0.1, 0.15) is 17.4 Å². The monoisotopic (exact) mass is 356 g/mol. The Balaban J connectivity index is 2.41. The molecule has 26 heavy (non-hydrogen) atoms. The lowest BCUT2D eigenvalue weighted by Crippen LogP contribution is -2.25. The van der Waals surface area contributed by atoms with Gasteiger partial charge in [0, 0.05) is 0 Å². The molecule has 0 spiro atoms. The first-order valence-corrected chi connectivity index (χ1v) is 8.54. The van der Waals surface area contributed by atoms with E-state index >= 15 is 0 Å². The van der Waals surface area contributed by atoms with Crippen molar-refractivity contribution in [3.63, 3.8) is 0 Å². The number of allylic oxidation sites excluding steroid dienone is 2. The predicted molar refractivity (Wildman–Crippen MR) is 96.4 cm³/mol. The number of nitriles is 1. The molecule has 1 unspecified atom stereocenters. The zero-order valence-corrected chi connectivity index (χ0v) is 15.5. The second-order valence-electron chi connectivity index (χ2n) is 6.22. The normalized spacial score (nSPS) is 17.2. The van der Waals surface area contributed by atoms with Gasteiger partial charge in [0.25, 0.3) is 0 Å². The highest BCUT2D eigenvalue weighted by Gasteiger charge is 2.36. The van der Waals surface area contributed by atoms with E-state index in [-0.39, 0.29) is 24.2 Å². The molecule has 1 aromatic rings. The number of esters is 1. The van der Waals surface area contributed by atoms with Crippen LogP contribution in [0, 0.1) is 11.3 Å². The third kappa shape index (κ3) is 4.24. The van der Waals surface area contributed by atoms with E-state index in [0.717, 1.165) is 11.1 Å². The third-order valence-corrected chi connectivity index (χ3v) is 4.00. The average Bonchev–Trinajstić information content (AvgIpc) is 2.60. The molecule has 1 aliphatic rings. The molecule has 0 aliphatic carbocycles. The van der Waals surface area contributed by atoms with Gasteiger partial charge in [-0.1, -0.05) is 24.3 Å². The summed E-state index contributed by atoms with van der Waals surface area (Å²) in [5, 5.41) is 9.55. The summed E-state index contributed by atoms with van der Waals surface area (Å²) in [6.07, 6.45) is 0.138. The van der Waals surface area contributed by atoms with Gasteiger partial charge in [0.2, 0.25) is 5.88 Å². The molecule has 6 heteroatoms. The van der Waals surface area contributed by atoms with Crippen LogP contribution in [0.1, 0.15) is 44.7 Å². The number of nitrogens with zero attached hydrogens (tertiary/aromatic N) is 1. The Morgan fingerprint density at radius 3 is 2.54 bits per heavy atom. The van der Waals surface area contributed by atoms with E-state index in [9.17, 15) is 10.1 Å². The minimum atomic E-state index is -0.618. The molecular weight excluding hydrogens is 332 g/mol. The van der Waals surface area contributed by atoms with Crippen LogP contribution in [0.2, 0.25) is 0 Å². The Bertz CT molecular complexity index is 770. The molecule has 0 amide bonds. The molecule has 0 saturated heterocycles. The summed E-state index contributed by atoms with van der Waals surface area (Å²) < 4.78 is 16.2. The second-order valence-corrected chi connectivity index (χ2v) is 6.22. The van der Waals surface area contributed by atoms with E-state index < -0.39 is 11.9 Å². The number of hydrogen-bond donors (Lipinski definition) is 1. The van der Waals surface area contributed by atoms with Crippen LogP contribution < -0.4 is 5.73 Å². The molecule has 2 N–H and O–H groups in total. The Morgan fingerprint density at radius 2 is 2.00 bits per heavy atom. The van der Waals surface area contributed by atoms with Crippen LogP contribution in [-0.4, -0.2) is 18.7 Å². The van der Waals surface area contributed by atoms with E-state index in [0.29, 0.717) is 17.9 Å². The minimum Gasteiger partial charge on any atom is -0.463 e. The summed E-state index contributed by atoms with van der Waals surface area (Å²) in [7, 11) is 0. The van der Waals surface area contributed by atoms with Crippen molar-refractivity contribution < 1.29 is 19.0 Å². The van der Waals surface area contributed by atoms with Crippen molar-refractivity contribution >= 4 is 5.97 Å². The van der Waals surface area contributed by atoms with Gasteiger partial charge >= 0.3 is 5.97 Å². The van der Waals surface area contributed by atoms with Crippen molar-refractivity contribution in [2.75, 3.05) is 6.61 Å². The standard InChI is InChI=1S/C20H24N2O4/c1-5-24-20(23)17-13(4)26-19(22)16(10-21)18(17)15-8-6-14(7-9-15)11-25-12(2)3/h6-9,12,18H,5,11,22H2,1-4H3. The Labute approximate surface area is 153 Å². The molecule has 0 radical (unpaired) electrons. The zero-order valence-electron chi connectivity index (χ0n) is 15.5. The van der Waals surface area contributed by atoms with Crippen molar-refractivity contribution in [3.05, 3.63) is 58.2 Å². The van der Waals surface area contributed by atoms with E-state index in [2.05, 4.69) is 6.07 Å². The van der Waals surface area contributed by atoms with Crippen LogP contribution in [-0.2, 0) is 25.6 Å². The van der Waals surface area contributed by atoms with Gasteiger partial charge < -0.3 is 19.9 Å². The van der Waals surface area contributed by atoms with Crippen LogP contribution >= 0.6 is 0 Å². The molecule has 6 nitrogen and oxygen atoms in total. The Kier molecular flexibility index (Phi) is 6.42.